The van der Waals surface area contributed by atoms with E-state index in [1.165, 1.54) is 11.5 Å². The van der Waals surface area contributed by atoms with Gasteiger partial charge in [0, 0.05) is 64.8 Å². The second-order valence-corrected chi connectivity index (χ2v) is 8.90. The SMILES string of the molecule is CN(C)c1nsc(N2CCC3(CCC(=O)N(C[C@H]4CCCO4)C3)CC2)n1. The summed E-state index contributed by atoms with van der Waals surface area (Å²) >= 11 is 1.48. The third-order valence-electron chi connectivity index (χ3n) is 6.10. The number of hydrogen-bond donors (Lipinski definition) is 0. The molecule has 0 bridgehead atoms. The van der Waals surface area contributed by atoms with Crippen molar-refractivity contribution in [2.24, 2.45) is 5.41 Å². The van der Waals surface area contributed by atoms with Gasteiger partial charge in [-0.2, -0.15) is 9.36 Å². The number of anilines is 2. The quantitative estimate of drug-likeness (QED) is 0.797. The molecule has 0 aromatic carbocycles. The normalized spacial score (nSPS) is 25.9. The van der Waals surface area contributed by atoms with E-state index in [2.05, 4.69) is 19.2 Å². The van der Waals surface area contributed by atoms with Crippen LogP contribution in [0, 0.1) is 5.41 Å². The summed E-state index contributed by atoms with van der Waals surface area (Å²) in [6, 6.07) is 0. The predicted molar refractivity (Wildman–Crippen MR) is 103 cm³/mol. The Kier molecular flexibility index (Phi) is 5.05. The topological polar surface area (TPSA) is 61.8 Å². The molecule has 26 heavy (non-hydrogen) atoms. The van der Waals surface area contributed by atoms with Gasteiger partial charge in [-0.05, 0) is 37.5 Å². The van der Waals surface area contributed by atoms with Crippen molar-refractivity contribution >= 4 is 28.5 Å². The van der Waals surface area contributed by atoms with Crippen LogP contribution >= 0.6 is 11.5 Å². The van der Waals surface area contributed by atoms with Crippen molar-refractivity contribution in [3.05, 3.63) is 0 Å². The fraction of sp³-hybridized carbons (Fsp3) is 0.833. The highest BCUT2D eigenvalue weighted by atomic mass is 32.1. The van der Waals surface area contributed by atoms with E-state index in [-0.39, 0.29) is 11.5 Å². The van der Waals surface area contributed by atoms with Gasteiger partial charge in [0.15, 0.2) is 0 Å². The van der Waals surface area contributed by atoms with Crippen LogP contribution in [0.5, 0.6) is 0 Å². The summed E-state index contributed by atoms with van der Waals surface area (Å²) in [6.07, 6.45) is 6.44. The van der Waals surface area contributed by atoms with E-state index in [0.717, 1.165) is 76.0 Å². The van der Waals surface area contributed by atoms with Crippen molar-refractivity contribution < 1.29 is 9.53 Å². The molecule has 0 unspecified atom stereocenters. The Balaban J connectivity index is 1.36. The maximum Gasteiger partial charge on any atom is 0.238 e. The molecular weight excluding hydrogens is 350 g/mol. The zero-order chi connectivity index (χ0) is 18.1. The number of carbonyl (C=O) groups is 1. The van der Waals surface area contributed by atoms with Gasteiger partial charge in [-0.15, -0.1) is 0 Å². The highest BCUT2D eigenvalue weighted by Crippen LogP contribution is 2.41. The van der Waals surface area contributed by atoms with Gasteiger partial charge in [-0.3, -0.25) is 4.79 Å². The Hall–Kier alpha value is -1.41. The highest BCUT2D eigenvalue weighted by molar-refractivity contribution is 7.09. The minimum atomic E-state index is 0.250. The fourth-order valence-corrected chi connectivity index (χ4v) is 5.19. The van der Waals surface area contributed by atoms with Gasteiger partial charge in [-0.1, -0.05) is 0 Å². The lowest BCUT2D eigenvalue weighted by molar-refractivity contribution is -0.140. The lowest BCUT2D eigenvalue weighted by atomic mass is 9.72. The van der Waals surface area contributed by atoms with Gasteiger partial charge < -0.3 is 19.4 Å². The zero-order valence-electron chi connectivity index (χ0n) is 15.8. The van der Waals surface area contributed by atoms with Gasteiger partial charge in [0.2, 0.25) is 17.0 Å². The first-order valence-electron chi connectivity index (χ1n) is 9.70. The molecule has 1 amide bonds. The zero-order valence-corrected chi connectivity index (χ0v) is 16.6. The smallest absolute Gasteiger partial charge is 0.238 e. The van der Waals surface area contributed by atoms with Crippen LogP contribution in [0.3, 0.4) is 0 Å². The third-order valence-corrected chi connectivity index (χ3v) is 6.86. The molecule has 1 atom stereocenters. The first-order valence-corrected chi connectivity index (χ1v) is 10.5. The van der Waals surface area contributed by atoms with Gasteiger partial charge >= 0.3 is 0 Å². The number of likely N-dealkylation sites (tertiary alicyclic amines) is 1. The second kappa shape index (κ2) is 7.31. The van der Waals surface area contributed by atoms with Crippen LogP contribution in [-0.4, -0.2) is 73.1 Å². The standard InChI is InChI=1S/C18H29N5O2S/c1-21(2)16-19-17(26-20-16)22-9-7-18(8-10-22)6-5-15(24)23(13-18)12-14-4-3-11-25-14/h14H,3-13H2,1-2H3/t14-/m1/s1. The van der Waals surface area contributed by atoms with Crippen molar-refractivity contribution in [2.45, 2.75) is 44.6 Å². The predicted octanol–water partition coefficient (Wildman–Crippen LogP) is 1.99. The minimum Gasteiger partial charge on any atom is -0.376 e. The lowest BCUT2D eigenvalue weighted by Gasteiger charge is -2.47. The number of piperidine rings is 2. The van der Waals surface area contributed by atoms with Crippen molar-refractivity contribution in [1.29, 1.82) is 0 Å². The van der Waals surface area contributed by atoms with Gasteiger partial charge in [0.05, 0.1) is 6.10 Å². The van der Waals surface area contributed by atoms with Crippen LogP contribution in [0.15, 0.2) is 0 Å². The van der Waals surface area contributed by atoms with Gasteiger partial charge in [-0.25, -0.2) is 0 Å². The Morgan fingerprint density at radius 1 is 1.31 bits per heavy atom. The number of rotatable bonds is 4. The van der Waals surface area contributed by atoms with Crippen molar-refractivity contribution in [3.8, 4) is 0 Å². The number of ether oxygens (including phenoxy) is 1. The van der Waals surface area contributed by atoms with Crippen LogP contribution in [0.1, 0.15) is 38.5 Å². The molecule has 4 heterocycles. The van der Waals surface area contributed by atoms with Crippen LogP contribution < -0.4 is 9.80 Å². The summed E-state index contributed by atoms with van der Waals surface area (Å²) in [7, 11) is 3.94. The molecule has 1 aromatic rings. The Morgan fingerprint density at radius 3 is 2.77 bits per heavy atom. The second-order valence-electron chi connectivity index (χ2n) is 8.17. The first-order chi connectivity index (χ1) is 12.5. The molecule has 144 valence electrons. The molecule has 3 fully saturated rings. The van der Waals surface area contributed by atoms with Crippen molar-refractivity contribution in [1.82, 2.24) is 14.3 Å². The van der Waals surface area contributed by atoms with E-state index in [1.807, 2.05) is 19.0 Å². The van der Waals surface area contributed by atoms with E-state index >= 15 is 0 Å². The number of carbonyl (C=O) groups excluding carboxylic acids is 1. The molecule has 3 aliphatic heterocycles. The van der Waals surface area contributed by atoms with Crippen molar-refractivity contribution in [2.75, 3.05) is 56.7 Å². The maximum atomic E-state index is 12.4. The summed E-state index contributed by atoms with van der Waals surface area (Å²) in [5.74, 6) is 1.10. The summed E-state index contributed by atoms with van der Waals surface area (Å²) < 4.78 is 10.2. The number of aromatic nitrogens is 2. The lowest BCUT2D eigenvalue weighted by Crippen LogP contribution is -2.53. The van der Waals surface area contributed by atoms with Crippen LogP contribution in [0.25, 0.3) is 0 Å². The minimum absolute atomic E-state index is 0.250. The molecule has 0 radical (unpaired) electrons. The van der Waals surface area contributed by atoms with E-state index < -0.39 is 0 Å². The molecule has 3 saturated heterocycles. The Labute approximate surface area is 159 Å². The number of hydrogen-bond acceptors (Lipinski definition) is 7. The van der Waals surface area contributed by atoms with Crippen molar-refractivity contribution in [3.63, 3.8) is 0 Å². The fourth-order valence-electron chi connectivity index (χ4n) is 4.40. The average molecular weight is 380 g/mol. The molecule has 7 nitrogen and oxygen atoms in total. The number of nitrogens with zero attached hydrogens (tertiary/aromatic N) is 5. The molecule has 3 aliphatic rings. The van der Waals surface area contributed by atoms with Crippen LogP contribution in [0.2, 0.25) is 0 Å². The summed E-state index contributed by atoms with van der Waals surface area (Å²) in [4.78, 5) is 23.4. The largest absolute Gasteiger partial charge is 0.376 e. The third kappa shape index (κ3) is 3.67. The summed E-state index contributed by atoms with van der Waals surface area (Å²) in [5, 5.41) is 1.02. The maximum absolute atomic E-state index is 12.4. The first kappa shape index (κ1) is 18.0. The summed E-state index contributed by atoms with van der Waals surface area (Å²) in [5.41, 5.74) is 0.276. The molecule has 1 spiro atoms. The summed E-state index contributed by atoms with van der Waals surface area (Å²) in [6.45, 7) is 4.54. The Bertz CT molecular complexity index is 635. The molecule has 0 saturated carbocycles. The molecule has 0 N–H and O–H groups in total. The highest BCUT2D eigenvalue weighted by Gasteiger charge is 2.42. The van der Waals surface area contributed by atoms with E-state index in [0.29, 0.717) is 12.3 Å². The van der Waals surface area contributed by atoms with Gasteiger partial charge in [0.1, 0.15) is 0 Å². The van der Waals surface area contributed by atoms with Gasteiger partial charge in [0.25, 0.3) is 0 Å². The molecule has 8 heteroatoms. The van der Waals surface area contributed by atoms with E-state index in [1.54, 1.807) is 0 Å². The van der Waals surface area contributed by atoms with E-state index in [9.17, 15) is 4.79 Å². The molecule has 1 aromatic heterocycles. The van der Waals surface area contributed by atoms with Crippen LogP contribution in [-0.2, 0) is 9.53 Å². The molecule has 4 rings (SSSR count). The molecular formula is C18H29N5O2S. The Morgan fingerprint density at radius 2 is 2.12 bits per heavy atom. The monoisotopic (exact) mass is 379 g/mol. The average Bonchev–Trinajstić information content (AvgIpc) is 3.31. The van der Waals surface area contributed by atoms with E-state index in [4.69, 9.17) is 4.74 Å². The molecule has 0 aliphatic carbocycles. The number of amides is 1. The van der Waals surface area contributed by atoms with Crippen LogP contribution in [0.4, 0.5) is 11.1 Å².